The first-order valence-corrected chi connectivity index (χ1v) is 17.0. The van der Waals surface area contributed by atoms with Gasteiger partial charge in [0.15, 0.2) is 11.5 Å². The third kappa shape index (κ3) is 16.7. The summed E-state index contributed by atoms with van der Waals surface area (Å²) in [5, 5.41) is 6.06. The lowest BCUT2D eigenvalue weighted by Crippen LogP contribution is -2.59. The molecule has 1 aromatic rings. The number of nitrogens with one attached hydrogen (secondary N) is 2. The molecule has 3 amide bonds. The molecule has 0 saturated carbocycles. The van der Waals surface area contributed by atoms with Crippen molar-refractivity contribution < 1.29 is 42.8 Å². The minimum absolute atomic E-state index is 0.000778. The Balaban J connectivity index is 1.76. The van der Waals surface area contributed by atoms with Crippen LogP contribution in [0.4, 0.5) is 4.79 Å². The zero-order chi connectivity index (χ0) is 35.0. The Morgan fingerprint density at radius 3 is 2.29 bits per heavy atom. The van der Waals surface area contributed by atoms with E-state index in [0.717, 1.165) is 24.8 Å². The van der Waals surface area contributed by atoms with Gasteiger partial charge in [0.2, 0.25) is 11.8 Å². The molecule has 0 spiro atoms. The smallest absolute Gasteiger partial charge is 0.415 e. The summed E-state index contributed by atoms with van der Waals surface area (Å²) in [4.78, 5) is 41.9. The summed E-state index contributed by atoms with van der Waals surface area (Å²) < 4.78 is 32.5. The highest BCUT2D eigenvalue weighted by Gasteiger charge is 2.33. The van der Waals surface area contributed by atoms with E-state index in [1.807, 2.05) is 0 Å². The molecular weight excluding hydrogens is 620 g/mol. The van der Waals surface area contributed by atoms with Crippen LogP contribution in [0.5, 0.6) is 11.5 Å². The second-order valence-electron chi connectivity index (χ2n) is 11.9. The molecule has 13 heteroatoms. The topological polar surface area (TPSA) is 137 Å². The molecule has 2 rings (SSSR count). The Bertz CT molecular complexity index is 1100. The van der Waals surface area contributed by atoms with Crippen molar-refractivity contribution in [2.24, 2.45) is 5.92 Å². The van der Waals surface area contributed by atoms with Gasteiger partial charge in [0.05, 0.1) is 65.8 Å². The van der Waals surface area contributed by atoms with E-state index in [4.69, 9.17) is 28.4 Å². The number of hydrogen-bond acceptors (Lipinski definition) is 10. The molecule has 0 radical (unpaired) electrons. The largest absolute Gasteiger partial charge is 0.493 e. The van der Waals surface area contributed by atoms with Crippen molar-refractivity contribution in [2.75, 3.05) is 93.7 Å². The number of allylic oxidation sites excluding steroid dienone is 2. The zero-order valence-corrected chi connectivity index (χ0v) is 29.6. The molecular formula is C35H58N4O9. The quantitative estimate of drug-likeness (QED) is 0.124. The molecule has 13 nitrogen and oxygen atoms in total. The number of methoxy groups -OCH3 is 2. The van der Waals surface area contributed by atoms with Crippen LogP contribution in [0.1, 0.15) is 51.5 Å². The highest BCUT2D eigenvalue weighted by atomic mass is 16.6. The van der Waals surface area contributed by atoms with Crippen LogP contribution in [0.25, 0.3) is 0 Å². The van der Waals surface area contributed by atoms with Crippen molar-refractivity contribution in [3.05, 3.63) is 35.9 Å². The van der Waals surface area contributed by atoms with Crippen molar-refractivity contribution in [1.82, 2.24) is 20.4 Å². The van der Waals surface area contributed by atoms with Crippen molar-refractivity contribution in [2.45, 2.75) is 58.5 Å². The lowest BCUT2D eigenvalue weighted by atomic mass is 10.1. The number of nitrogens with zero attached hydrogens (tertiary/aromatic N) is 2. The second kappa shape index (κ2) is 24.8. The number of benzene rings is 1. The molecule has 2 N–H and O–H groups in total. The fourth-order valence-electron chi connectivity index (χ4n) is 5.00. The van der Waals surface area contributed by atoms with Gasteiger partial charge in [-0.1, -0.05) is 32.1 Å². The monoisotopic (exact) mass is 678 g/mol. The summed E-state index contributed by atoms with van der Waals surface area (Å²) in [6.07, 6.45) is 7.35. The van der Waals surface area contributed by atoms with E-state index in [0.29, 0.717) is 97.1 Å². The molecule has 1 heterocycles. The third-order valence-corrected chi connectivity index (χ3v) is 7.61. The number of rotatable bonds is 24. The zero-order valence-electron chi connectivity index (χ0n) is 29.6. The molecule has 1 aromatic carbocycles. The Labute approximate surface area is 286 Å². The lowest BCUT2D eigenvalue weighted by Gasteiger charge is -2.40. The van der Waals surface area contributed by atoms with Crippen LogP contribution in [0, 0.1) is 5.92 Å². The van der Waals surface area contributed by atoms with Gasteiger partial charge >= 0.3 is 6.09 Å². The first-order chi connectivity index (χ1) is 23.3. The van der Waals surface area contributed by atoms with E-state index >= 15 is 0 Å². The molecule has 1 aliphatic heterocycles. The SMILES string of the molecule is CNCC1CN(C(=O)CCOCCOCCOCCOC)CCN1C(=O)Oc1ccc(CNC(=O)CCCC/C=C/C(C)C)cc1OC. The van der Waals surface area contributed by atoms with Crippen molar-refractivity contribution >= 4 is 17.9 Å². The summed E-state index contributed by atoms with van der Waals surface area (Å²) >= 11 is 0. The minimum atomic E-state index is -0.516. The Morgan fingerprint density at radius 2 is 1.62 bits per heavy atom. The molecule has 1 aliphatic rings. The van der Waals surface area contributed by atoms with E-state index < -0.39 is 6.09 Å². The summed E-state index contributed by atoms with van der Waals surface area (Å²) in [5.41, 5.74) is 0.833. The lowest BCUT2D eigenvalue weighted by molar-refractivity contribution is -0.135. The van der Waals surface area contributed by atoms with Gasteiger partial charge in [-0.25, -0.2) is 4.79 Å². The van der Waals surface area contributed by atoms with Gasteiger partial charge in [0, 0.05) is 46.3 Å². The summed E-state index contributed by atoms with van der Waals surface area (Å²) in [7, 11) is 4.94. The highest BCUT2D eigenvalue weighted by Crippen LogP contribution is 2.29. The predicted molar refractivity (Wildman–Crippen MR) is 183 cm³/mol. The summed E-state index contributed by atoms with van der Waals surface area (Å²) in [6, 6.07) is 4.96. The maximum atomic E-state index is 13.3. The Morgan fingerprint density at radius 1 is 0.917 bits per heavy atom. The first-order valence-electron chi connectivity index (χ1n) is 17.0. The van der Waals surface area contributed by atoms with Gasteiger partial charge in [-0.3, -0.25) is 9.59 Å². The average Bonchev–Trinajstić information content (AvgIpc) is 3.08. The highest BCUT2D eigenvalue weighted by molar-refractivity contribution is 5.77. The fourth-order valence-corrected chi connectivity index (χ4v) is 5.00. The van der Waals surface area contributed by atoms with Crippen LogP contribution in [-0.2, 0) is 35.1 Å². The Kier molecular flexibility index (Phi) is 21.2. The average molecular weight is 679 g/mol. The number of piperazine rings is 1. The van der Waals surface area contributed by atoms with Gasteiger partial charge < -0.3 is 48.9 Å². The van der Waals surface area contributed by atoms with Crippen LogP contribution >= 0.6 is 0 Å². The van der Waals surface area contributed by atoms with Crippen molar-refractivity contribution in [1.29, 1.82) is 0 Å². The molecule has 1 atom stereocenters. The molecule has 0 aromatic heterocycles. The van der Waals surface area contributed by atoms with E-state index in [1.54, 1.807) is 42.2 Å². The van der Waals surface area contributed by atoms with Crippen molar-refractivity contribution in [3.63, 3.8) is 0 Å². The standard InChI is InChI=1S/C35H58N4O9/c1-28(2)10-8-6-7-9-11-33(40)37-25-29-12-13-31(32(24-29)44-5)48-35(42)39-16-15-38(27-30(39)26-36-3)34(41)14-17-45-20-21-47-23-22-46-19-18-43-4/h8,10,12-13,24,28,30,36H,6-7,9,11,14-23,25-27H2,1-5H3,(H,37,40)/b10-8+. The fraction of sp³-hybridized carbons (Fsp3) is 0.686. The summed E-state index contributed by atoms with van der Waals surface area (Å²) in [6.45, 7) is 9.40. The number of unbranched alkanes of at least 4 members (excludes halogenated alkanes) is 2. The molecule has 1 unspecified atom stereocenters. The number of likely N-dealkylation sites (N-methyl/N-ethyl adjacent to an activating group) is 1. The third-order valence-electron chi connectivity index (χ3n) is 7.61. The second-order valence-corrected chi connectivity index (χ2v) is 11.9. The van der Waals surface area contributed by atoms with Crippen molar-refractivity contribution in [3.8, 4) is 11.5 Å². The number of ether oxygens (including phenoxy) is 6. The van der Waals surface area contributed by atoms with Crippen LogP contribution in [0.15, 0.2) is 30.4 Å². The van der Waals surface area contributed by atoms with Crippen LogP contribution in [0.3, 0.4) is 0 Å². The first kappa shape index (κ1) is 40.9. The number of carbonyl (C=O) groups is 3. The number of amides is 3. The maximum Gasteiger partial charge on any atom is 0.415 e. The van der Waals surface area contributed by atoms with Crippen LogP contribution in [0.2, 0.25) is 0 Å². The van der Waals surface area contributed by atoms with Gasteiger partial charge in [-0.15, -0.1) is 0 Å². The van der Waals surface area contributed by atoms with Crippen LogP contribution < -0.4 is 20.1 Å². The van der Waals surface area contributed by atoms with Gasteiger partial charge in [-0.05, 0) is 49.9 Å². The van der Waals surface area contributed by atoms with E-state index in [-0.39, 0.29) is 30.0 Å². The number of carbonyl (C=O) groups excluding carboxylic acids is 3. The van der Waals surface area contributed by atoms with E-state index in [2.05, 4.69) is 36.6 Å². The van der Waals surface area contributed by atoms with E-state index in [1.165, 1.54) is 7.11 Å². The normalized spacial score (nSPS) is 14.9. The van der Waals surface area contributed by atoms with Gasteiger partial charge in [0.25, 0.3) is 0 Å². The predicted octanol–water partition coefficient (Wildman–Crippen LogP) is 3.40. The minimum Gasteiger partial charge on any atom is -0.493 e. The summed E-state index contributed by atoms with van der Waals surface area (Å²) in [5.74, 6) is 1.19. The van der Waals surface area contributed by atoms with Crippen LogP contribution in [-0.4, -0.2) is 127 Å². The number of hydrogen-bond donors (Lipinski definition) is 2. The molecule has 48 heavy (non-hydrogen) atoms. The van der Waals surface area contributed by atoms with Gasteiger partial charge in [0.1, 0.15) is 0 Å². The molecule has 272 valence electrons. The van der Waals surface area contributed by atoms with E-state index in [9.17, 15) is 14.4 Å². The molecule has 1 fully saturated rings. The maximum absolute atomic E-state index is 13.3. The molecule has 1 saturated heterocycles. The Hall–Kier alpha value is -3.23. The van der Waals surface area contributed by atoms with Gasteiger partial charge in [-0.2, -0.15) is 0 Å². The molecule has 0 bridgehead atoms. The molecule has 0 aliphatic carbocycles.